The van der Waals surface area contributed by atoms with E-state index in [4.69, 9.17) is 37.0 Å². The van der Waals surface area contributed by atoms with Gasteiger partial charge in [-0.05, 0) is 49.4 Å². The maximum Gasteiger partial charge on any atom is 0.472 e. The maximum absolute atomic E-state index is 13.0. The normalized spacial score (nSPS) is 14.9. The topological polar surface area (TPSA) is 237 Å². The van der Waals surface area contributed by atoms with E-state index >= 15 is 0 Å². The van der Waals surface area contributed by atoms with Crippen LogP contribution in [0.15, 0.2) is 0 Å². The third-order valence-electron chi connectivity index (χ3n) is 17.0. The number of unbranched alkanes of at least 4 members (excludes halogenated alkanes) is 32. The SMILES string of the molecule is CCC(C)CCCCCCCCCCC(=O)O[C@H](COC(=O)CCCCCCCCCCCCCC(C)C)COP(=O)(O)OC[C@@H](O)COP(=O)(O)OC[C@@H](COC(=O)CCCCCCCCC(C)CC)OC(=O)CCCCCCCCCCCCCC(C)C. The van der Waals surface area contributed by atoms with E-state index in [9.17, 15) is 43.2 Å². The number of carbonyl (C=O) groups is 4. The molecule has 0 saturated carbocycles. The van der Waals surface area contributed by atoms with E-state index in [0.29, 0.717) is 25.7 Å². The van der Waals surface area contributed by atoms with Gasteiger partial charge in [-0.25, -0.2) is 9.13 Å². The Morgan fingerprint density at radius 2 is 0.533 bits per heavy atom. The van der Waals surface area contributed by atoms with Crippen LogP contribution in [0.2, 0.25) is 0 Å². The zero-order chi connectivity index (χ0) is 66.8. The van der Waals surface area contributed by atoms with E-state index in [0.717, 1.165) is 120 Å². The van der Waals surface area contributed by atoms with Crippen LogP contribution in [0.3, 0.4) is 0 Å². The van der Waals surface area contributed by atoms with Crippen LogP contribution < -0.4 is 0 Å². The van der Waals surface area contributed by atoms with Crippen molar-refractivity contribution in [2.24, 2.45) is 23.7 Å². The predicted octanol–water partition coefficient (Wildman–Crippen LogP) is 20.1. The lowest BCUT2D eigenvalue weighted by Crippen LogP contribution is -2.30. The lowest BCUT2D eigenvalue weighted by molar-refractivity contribution is -0.161. The fourth-order valence-electron chi connectivity index (χ4n) is 10.6. The second kappa shape index (κ2) is 60.7. The molecule has 0 rings (SSSR count). The Morgan fingerprint density at radius 1 is 0.311 bits per heavy atom. The van der Waals surface area contributed by atoms with Gasteiger partial charge in [0.25, 0.3) is 0 Å². The zero-order valence-corrected chi connectivity index (χ0v) is 60.6. The summed E-state index contributed by atoms with van der Waals surface area (Å²) in [6.45, 7) is 14.1. The largest absolute Gasteiger partial charge is 0.472 e. The van der Waals surface area contributed by atoms with Gasteiger partial charge in [0.2, 0.25) is 0 Å². The maximum atomic E-state index is 13.0. The molecular formula is C71H138O17P2. The number of aliphatic hydroxyl groups excluding tert-OH is 1. The number of aliphatic hydroxyl groups is 1. The number of carbonyl (C=O) groups excluding carboxylic acids is 4. The van der Waals surface area contributed by atoms with Crippen molar-refractivity contribution in [1.82, 2.24) is 0 Å². The first-order valence-corrected chi connectivity index (χ1v) is 39.8. The van der Waals surface area contributed by atoms with Gasteiger partial charge in [-0.2, -0.15) is 0 Å². The van der Waals surface area contributed by atoms with Gasteiger partial charge in [0.1, 0.15) is 19.3 Å². The summed E-state index contributed by atoms with van der Waals surface area (Å²) in [5.41, 5.74) is 0. The van der Waals surface area contributed by atoms with E-state index in [1.165, 1.54) is 148 Å². The quantitative estimate of drug-likeness (QED) is 0.0222. The van der Waals surface area contributed by atoms with Crippen molar-refractivity contribution in [3.8, 4) is 0 Å². The highest BCUT2D eigenvalue weighted by atomic mass is 31.2. The first-order chi connectivity index (χ1) is 43.2. The molecule has 0 amide bonds. The minimum absolute atomic E-state index is 0.104. The number of hydrogen-bond acceptors (Lipinski definition) is 15. The second-order valence-electron chi connectivity index (χ2n) is 27.1. The molecule has 0 bridgehead atoms. The smallest absolute Gasteiger partial charge is 0.462 e. The van der Waals surface area contributed by atoms with Crippen molar-refractivity contribution in [2.45, 2.75) is 369 Å². The highest BCUT2D eigenvalue weighted by Gasteiger charge is 2.30. The summed E-state index contributed by atoms with van der Waals surface area (Å²) in [5, 5.41) is 10.6. The highest BCUT2D eigenvalue weighted by molar-refractivity contribution is 7.47. The van der Waals surface area contributed by atoms with Gasteiger partial charge in [0.05, 0.1) is 26.4 Å². The Labute approximate surface area is 549 Å². The number of ether oxygens (including phenoxy) is 4. The van der Waals surface area contributed by atoms with Crippen molar-refractivity contribution in [3.63, 3.8) is 0 Å². The van der Waals surface area contributed by atoms with Gasteiger partial charge in [0.15, 0.2) is 12.2 Å². The number of phosphoric acid groups is 2. The monoisotopic (exact) mass is 1320 g/mol. The fourth-order valence-corrected chi connectivity index (χ4v) is 12.2. The molecule has 0 aromatic rings. The number of esters is 4. The van der Waals surface area contributed by atoms with E-state index in [2.05, 4.69) is 55.4 Å². The molecule has 0 aromatic carbocycles. The first kappa shape index (κ1) is 88.1. The fraction of sp³-hybridized carbons (Fsp3) is 0.944. The zero-order valence-electron chi connectivity index (χ0n) is 58.8. The van der Waals surface area contributed by atoms with E-state index in [-0.39, 0.29) is 25.7 Å². The molecule has 0 aliphatic carbocycles. The third-order valence-corrected chi connectivity index (χ3v) is 18.9. The van der Waals surface area contributed by atoms with Crippen molar-refractivity contribution < 1.29 is 80.2 Å². The Kier molecular flexibility index (Phi) is 59.4. The molecule has 19 heteroatoms. The molecule has 534 valence electrons. The average Bonchev–Trinajstić information content (AvgIpc) is 3.72. The second-order valence-corrected chi connectivity index (χ2v) is 30.0. The lowest BCUT2D eigenvalue weighted by Gasteiger charge is -2.21. The van der Waals surface area contributed by atoms with Gasteiger partial charge in [-0.3, -0.25) is 37.3 Å². The standard InChI is InChI=1S/C71H138O17P2/c1-9-63(7)49-41-33-25-21-22-28-38-46-54-71(76)88-66(57-81-68(73)51-43-35-26-19-15-11-13-17-23-31-39-47-61(3)4)59-85-89(77,78)83-55-65(72)56-84-90(79,80)86-60-67(58-82-69(74)52-44-36-30-29-34-42-50-64(8)10-2)87-70(75)53-45-37-27-20-16-12-14-18-24-32-40-48-62(5)6/h61-67,72H,9-60H2,1-8H3,(H,77,78)(H,79,80)/t63?,64?,65-,66-,67-/m1/s1. The van der Waals surface area contributed by atoms with E-state index in [1.807, 2.05) is 0 Å². The summed E-state index contributed by atoms with van der Waals surface area (Å²) in [5.74, 6) is 0.907. The lowest BCUT2D eigenvalue weighted by atomic mass is 9.99. The molecule has 0 radical (unpaired) electrons. The molecule has 3 N–H and O–H groups in total. The Balaban J connectivity index is 5.27. The molecule has 90 heavy (non-hydrogen) atoms. The van der Waals surface area contributed by atoms with Crippen molar-refractivity contribution >= 4 is 39.5 Å². The molecule has 7 atom stereocenters. The van der Waals surface area contributed by atoms with Crippen LogP contribution in [0, 0.1) is 23.7 Å². The van der Waals surface area contributed by atoms with Crippen LogP contribution in [0.5, 0.6) is 0 Å². The van der Waals surface area contributed by atoms with Crippen LogP contribution in [0.25, 0.3) is 0 Å². The molecule has 17 nitrogen and oxygen atoms in total. The van der Waals surface area contributed by atoms with Crippen LogP contribution in [0.4, 0.5) is 0 Å². The molecule has 0 spiro atoms. The summed E-state index contributed by atoms with van der Waals surface area (Å²) in [4.78, 5) is 72.6. The van der Waals surface area contributed by atoms with Crippen LogP contribution >= 0.6 is 15.6 Å². The molecule has 0 fully saturated rings. The average molecular weight is 1330 g/mol. The molecule has 4 unspecified atom stereocenters. The van der Waals surface area contributed by atoms with Gasteiger partial charge in [-0.1, -0.05) is 299 Å². The van der Waals surface area contributed by atoms with Crippen molar-refractivity contribution in [2.75, 3.05) is 39.6 Å². The highest BCUT2D eigenvalue weighted by Crippen LogP contribution is 2.45. The minimum atomic E-state index is -4.95. The Morgan fingerprint density at radius 3 is 0.789 bits per heavy atom. The molecule has 0 saturated heterocycles. The number of rotatable bonds is 68. The summed E-state index contributed by atoms with van der Waals surface area (Å²) < 4.78 is 68.3. The van der Waals surface area contributed by atoms with Gasteiger partial charge in [0, 0.05) is 25.7 Å². The molecule has 0 aliphatic heterocycles. The number of hydrogen-bond donors (Lipinski definition) is 3. The summed E-state index contributed by atoms with van der Waals surface area (Å²) in [6, 6.07) is 0. The summed E-state index contributed by atoms with van der Waals surface area (Å²) >= 11 is 0. The van der Waals surface area contributed by atoms with Crippen LogP contribution in [-0.4, -0.2) is 96.7 Å². The van der Waals surface area contributed by atoms with E-state index in [1.54, 1.807) is 0 Å². The first-order valence-electron chi connectivity index (χ1n) is 36.8. The Bertz CT molecular complexity index is 1790. The van der Waals surface area contributed by atoms with E-state index < -0.39 is 97.5 Å². The molecular weight excluding hydrogens is 1190 g/mol. The molecule has 0 aliphatic rings. The predicted molar refractivity (Wildman–Crippen MR) is 363 cm³/mol. The Hall–Kier alpha value is -1.94. The van der Waals surface area contributed by atoms with Crippen LogP contribution in [0.1, 0.15) is 351 Å². The number of phosphoric ester groups is 2. The molecule has 0 aromatic heterocycles. The van der Waals surface area contributed by atoms with Gasteiger partial charge < -0.3 is 33.8 Å². The minimum Gasteiger partial charge on any atom is -0.462 e. The van der Waals surface area contributed by atoms with Gasteiger partial charge in [-0.15, -0.1) is 0 Å². The third kappa shape index (κ3) is 62.2. The van der Waals surface area contributed by atoms with Gasteiger partial charge >= 0.3 is 39.5 Å². The molecule has 0 heterocycles. The van der Waals surface area contributed by atoms with Crippen molar-refractivity contribution in [3.05, 3.63) is 0 Å². The summed E-state index contributed by atoms with van der Waals surface area (Å²) in [7, 11) is -9.91. The van der Waals surface area contributed by atoms with Crippen LogP contribution in [-0.2, 0) is 65.4 Å². The summed E-state index contributed by atoms with van der Waals surface area (Å²) in [6.07, 6.45) is 43.0. The van der Waals surface area contributed by atoms with Crippen molar-refractivity contribution in [1.29, 1.82) is 0 Å².